The zero-order valence-corrected chi connectivity index (χ0v) is 18.8. The Kier molecular flexibility index (Phi) is 6.04. The lowest BCUT2D eigenvalue weighted by molar-refractivity contribution is 0.190. The first-order valence-electron chi connectivity index (χ1n) is 11.0. The van der Waals surface area contributed by atoms with Gasteiger partial charge in [-0.3, -0.25) is 4.98 Å². The molecule has 1 N–H and O–H groups in total. The molecular weight excluding hydrogens is 374 g/mol. The average molecular weight is 408 g/mol. The Morgan fingerprint density at radius 2 is 1.83 bits per heavy atom. The number of rotatable bonds is 6. The largest absolute Gasteiger partial charge is 0.383 e. The molecule has 3 aromatic heterocycles. The molecule has 0 saturated heterocycles. The topological polar surface area (TPSA) is 64.3 Å². The van der Waals surface area contributed by atoms with Crippen LogP contribution >= 0.6 is 0 Å². The Bertz CT molecular complexity index is 1000. The Morgan fingerprint density at radius 3 is 2.50 bits per heavy atom. The van der Waals surface area contributed by atoms with E-state index in [0.717, 1.165) is 22.8 Å². The van der Waals surface area contributed by atoms with Gasteiger partial charge in [0.25, 0.3) is 0 Å². The van der Waals surface area contributed by atoms with Crippen LogP contribution in [0.5, 0.6) is 0 Å². The maximum absolute atomic E-state index is 5.25. The van der Waals surface area contributed by atoms with Crippen molar-refractivity contribution in [3.05, 3.63) is 41.5 Å². The highest BCUT2D eigenvalue weighted by Gasteiger charge is 2.25. The van der Waals surface area contributed by atoms with Gasteiger partial charge in [0.1, 0.15) is 0 Å². The van der Waals surface area contributed by atoms with Crippen LogP contribution < -0.4 is 5.32 Å². The predicted octanol–water partition coefficient (Wildman–Crippen LogP) is 5.15. The number of anilines is 1. The van der Waals surface area contributed by atoms with E-state index in [1.165, 1.54) is 42.5 Å². The first-order chi connectivity index (χ1) is 14.4. The second-order valence-electron chi connectivity index (χ2n) is 8.96. The molecule has 6 heteroatoms. The van der Waals surface area contributed by atoms with Gasteiger partial charge in [0.05, 0.1) is 18.3 Å². The van der Waals surface area contributed by atoms with Crippen molar-refractivity contribution in [2.75, 3.05) is 19.0 Å². The van der Waals surface area contributed by atoms with Crippen LogP contribution in [0, 0.1) is 19.8 Å². The van der Waals surface area contributed by atoms with Crippen molar-refractivity contribution in [3.8, 4) is 11.1 Å². The first-order valence-corrected chi connectivity index (χ1v) is 11.0. The van der Waals surface area contributed by atoms with E-state index in [2.05, 4.69) is 51.8 Å². The number of hydrogen-bond donors (Lipinski definition) is 1. The Morgan fingerprint density at radius 1 is 1.13 bits per heavy atom. The minimum Gasteiger partial charge on any atom is -0.383 e. The number of hydrogen-bond acceptors (Lipinski definition) is 5. The maximum Gasteiger partial charge on any atom is 0.241 e. The Labute approximate surface area is 179 Å². The fourth-order valence-electron chi connectivity index (χ4n) is 4.66. The molecule has 0 spiro atoms. The van der Waals surface area contributed by atoms with Gasteiger partial charge in [0.15, 0.2) is 0 Å². The van der Waals surface area contributed by atoms with E-state index in [-0.39, 0.29) is 6.04 Å². The lowest BCUT2D eigenvalue weighted by Crippen LogP contribution is -2.23. The summed E-state index contributed by atoms with van der Waals surface area (Å²) in [5.74, 6) is 1.99. The number of ether oxygens (including phenoxy) is 1. The molecule has 0 unspecified atom stereocenters. The van der Waals surface area contributed by atoms with Gasteiger partial charge in [-0.25, -0.2) is 9.50 Å². The smallest absolute Gasteiger partial charge is 0.241 e. The summed E-state index contributed by atoms with van der Waals surface area (Å²) in [6.07, 6.45) is 6.94. The molecule has 3 aromatic rings. The number of aryl methyl sites for hydroxylation is 2. The van der Waals surface area contributed by atoms with Crippen LogP contribution in [-0.4, -0.2) is 39.3 Å². The molecule has 0 aromatic carbocycles. The fourth-order valence-corrected chi connectivity index (χ4v) is 4.66. The molecule has 0 amide bonds. The third kappa shape index (κ3) is 4.33. The minimum absolute atomic E-state index is 0.145. The maximum atomic E-state index is 5.25. The van der Waals surface area contributed by atoms with Gasteiger partial charge in [-0.15, -0.1) is 5.10 Å². The van der Waals surface area contributed by atoms with E-state index in [4.69, 9.17) is 9.84 Å². The van der Waals surface area contributed by atoms with E-state index in [0.29, 0.717) is 18.5 Å². The van der Waals surface area contributed by atoms with Crippen molar-refractivity contribution in [1.82, 2.24) is 19.6 Å². The van der Waals surface area contributed by atoms with Crippen LogP contribution in [-0.2, 0) is 4.74 Å². The highest BCUT2D eigenvalue weighted by Crippen LogP contribution is 2.39. The molecule has 30 heavy (non-hydrogen) atoms. The average Bonchev–Trinajstić information content (AvgIpc) is 3.07. The van der Waals surface area contributed by atoms with E-state index in [1.54, 1.807) is 7.11 Å². The fraction of sp³-hybridized carbons (Fsp3) is 0.542. The Hall–Kier alpha value is -2.47. The zero-order valence-electron chi connectivity index (χ0n) is 18.8. The lowest BCUT2D eigenvalue weighted by atomic mass is 9.81. The summed E-state index contributed by atoms with van der Waals surface area (Å²) in [7, 11) is 1.71. The van der Waals surface area contributed by atoms with Crippen LogP contribution in [0.1, 0.15) is 62.5 Å². The van der Waals surface area contributed by atoms with Crippen molar-refractivity contribution >= 4 is 11.5 Å². The van der Waals surface area contributed by atoms with Gasteiger partial charge in [-0.05, 0) is 63.3 Å². The highest BCUT2D eigenvalue weighted by atomic mass is 16.5. The summed E-state index contributed by atoms with van der Waals surface area (Å²) in [6.45, 7) is 9.15. The molecule has 1 aliphatic carbocycles. The molecule has 3 heterocycles. The number of nitrogens with one attached hydrogen (secondary N) is 1. The number of aromatic nitrogens is 4. The molecule has 0 bridgehead atoms. The van der Waals surface area contributed by atoms with Crippen molar-refractivity contribution in [3.63, 3.8) is 0 Å². The van der Waals surface area contributed by atoms with Gasteiger partial charge in [-0.1, -0.05) is 19.8 Å². The van der Waals surface area contributed by atoms with Crippen molar-refractivity contribution in [2.24, 2.45) is 5.92 Å². The molecule has 1 aliphatic rings. The highest BCUT2D eigenvalue weighted by molar-refractivity contribution is 5.82. The third-order valence-corrected chi connectivity index (χ3v) is 6.16. The SMILES string of the molecule is COC[C@H](C)Nc1ncc2c(-c3cc(C)nc(C)c3)cc(C3CCC(C)CC3)n2n1. The zero-order chi connectivity index (χ0) is 21.3. The molecule has 1 fully saturated rings. The van der Waals surface area contributed by atoms with Crippen molar-refractivity contribution in [1.29, 1.82) is 0 Å². The quantitative estimate of drug-likeness (QED) is 0.612. The van der Waals surface area contributed by atoms with Crippen molar-refractivity contribution in [2.45, 2.75) is 65.3 Å². The second-order valence-corrected chi connectivity index (χ2v) is 8.96. The molecule has 6 nitrogen and oxygen atoms in total. The molecule has 0 aliphatic heterocycles. The Balaban J connectivity index is 1.80. The molecule has 0 radical (unpaired) electrons. The van der Waals surface area contributed by atoms with E-state index in [1.807, 2.05) is 20.0 Å². The van der Waals surface area contributed by atoms with E-state index < -0.39 is 0 Å². The summed E-state index contributed by atoms with van der Waals surface area (Å²) < 4.78 is 7.37. The molecule has 160 valence electrons. The van der Waals surface area contributed by atoms with E-state index in [9.17, 15) is 0 Å². The second kappa shape index (κ2) is 8.72. The minimum atomic E-state index is 0.145. The van der Waals surface area contributed by atoms with Gasteiger partial charge in [0, 0.05) is 41.7 Å². The summed E-state index contributed by atoms with van der Waals surface area (Å²) in [5, 5.41) is 8.27. The number of nitrogens with zero attached hydrogens (tertiary/aromatic N) is 4. The molecule has 4 rings (SSSR count). The van der Waals surface area contributed by atoms with Crippen LogP contribution in [0.25, 0.3) is 16.6 Å². The third-order valence-electron chi connectivity index (χ3n) is 6.16. The van der Waals surface area contributed by atoms with Gasteiger partial charge in [0.2, 0.25) is 5.95 Å². The summed E-state index contributed by atoms with van der Waals surface area (Å²) in [5.41, 5.74) is 6.79. The standard InChI is InChI=1S/C24H33N5O/c1-15-6-8-19(9-7-15)22-12-21(20-10-16(2)26-17(3)11-20)23-13-25-24(28-29(22)23)27-18(4)14-30-5/h10-13,15,18-19H,6-9,14H2,1-5H3,(H,27,28)/t15?,18-,19?/m0/s1. The summed E-state index contributed by atoms with van der Waals surface area (Å²) in [4.78, 5) is 9.17. The van der Waals surface area contributed by atoms with E-state index >= 15 is 0 Å². The van der Waals surface area contributed by atoms with Gasteiger partial charge < -0.3 is 10.1 Å². The van der Waals surface area contributed by atoms with Gasteiger partial charge >= 0.3 is 0 Å². The molecule has 1 atom stereocenters. The molecule has 1 saturated carbocycles. The normalized spacial score (nSPS) is 20.4. The number of fused-ring (bicyclic) bond motifs is 1. The number of pyridine rings is 1. The van der Waals surface area contributed by atoms with Crippen molar-refractivity contribution < 1.29 is 4.74 Å². The number of methoxy groups -OCH3 is 1. The summed E-state index contributed by atoms with van der Waals surface area (Å²) >= 11 is 0. The van der Waals surface area contributed by atoms with Crippen LogP contribution in [0.4, 0.5) is 5.95 Å². The van der Waals surface area contributed by atoms with Crippen LogP contribution in [0.3, 0.4) is 0 Å². The monoisotopic (exact) mass is 407 g/mol. The first kappa shape index (κ1) is 20.8. The molecular formula is C24H33N5O. The van der Waals surface area contributed by atoms with Crippen LogP contribution in [0.2, 0.25) is 0 Å². The summed E-state index contributed by atoms with van der Waals surface area (Å²) in [6, 6.07) is 6.79. The van der Waals surface area contributed by atoms with Gasteiger partial charge in [-0.2, -0.15) is 0 Å². The van der Waals surface area contributed by atoms with Crippen LogP contribution in [0.15, 0.2) is 24.4 Å². The predicted molar refractivity (Wildman–Crippen MR) is 121 cm³/mol. The lowest BCUT2D eigenvalue weighted by Gasteiger charge is -2.25.